The van der Waals surface area contributed by atoms with Crippen LogP contribution in [0.15, 0.2) is 47.4 Å². The number of aliphatic hydroxyl groups is 2. The maximum Gasteiger partial charge on any atom is 0.330 e. The van der Waals surface area contributed by atoms with Crippen LogP contribution in [0.25, 0.3) is 4.85 Å². The van der Waals surface area contributed by atoms with Crippen LogP contribution in [0.2, 0.25) is 0 Å². The standard InChI is InChI=1S/C24H39N6O6P.C15H22N4O5.C12H17N3O4/c1-10-24-14-29(23(33)27(8)9)18(21(35-24)28-13-17(6)20(31)26-22(28)32)19(24)36-37(34-12-11-25-7)30(15(2)3)16(4)5;1-5-15-7-19(14(23)17(3)4)9(10(15)20)12(24-15)18-6-8(2)11(21)16-13(18)22;1-3-12-5-13-7(8(12)16)10(19-12)15-4-6(2)9(17)14-11(15)18/h13,15-16,18-19,21H,10-12,14H2,1-6,8-9H3,(H,26,31,32);6,9-10,12,20H,5,7H2,1-4H3,(H,16,21,22);4,7-8,10,13,16H,3,5H2,1-2H3,(H,14,17,18)/t18-,19+,21-,24+,37?;9-,10+,12-,15+;7-,8+,10-,12+/m111/s1. The summed E-state index contributed by atoms with van der Waals surface area (Å²) in [6.07, 6.45) is 1.56. The summed E-state index contributed by atoms with van der Waals surface area (Å²) < 4.78 is 37.4. The predicted molar refractivity (Wildman–Crippen MR) is 292 cm³/mol. The number of aromatic amines is 3. The first kappa shape index (κ1) is 61.8. The number of nitrogens with one attached hydrogen (secondary N) is 4. The Morgan fingerprint density at radius 1 is 0.688 bits per heavy atom. The summed E-state index contributed by atoms with van der Waals surface area (Å²) in [5, 5.41) is 24.1. The first-order valence-electron chi connectivity index (χ1n) is 26.8. The number of hydrogen-bond acceptors (Lipinski definition) is 17. The monoisotopic (exact) mass is 1140 g/mol. The summed E-state index contributed by atoms with van der Waals surface area (Å²) in [7, 11) is 4.99. The van der Waals surface area contributed by atoms with Crippen molar-refractivity contribution in [3.05, 3.63) is 109 Å². The van der Waals surface area contributed by atoms with E-state index in [9.17, 15) is 48.6 Å². The first-order chi connectivity index (χ1) is 37.6. The van der Waals surface area contributed by atoms with Gasteiger partial charge in [0, 0.05) is 82.1 Å². The molecule has 6 saturated heterocycles. The predicted octanol–water partition coefficient (Wildman–Crippen LogP) is 0.660. The first-order valence-corrected chi connectivity index (χ1v) is 28.0. The molecule has 0 radical (unpaired) electrons. The summed E-state index contributed by atoms with van der Waals surface area (Å²) in [6.45, 7) is 27.5. The molecule has 0 aromatic carbocycles. The van der Waals surface area contributed by atoms with Gasteiger partial charge in [0.2, 0.25) is 6.54 Å². The summed E-state index contributed by atoms with van der Waals surface area (Å²) in [5.74, 6) is 0. The van der Waals surface area contributed by atoms with Crippen LogP contribution < -0.4 is 39.1 Å². The number of H-pyrrole nitrogens is 3. The van der Waals surface area contributed by atoms with Crippen molar-refractivity contribution in [3.63, 3.8) is 0 Å². The number of nitrogens with zero attached hydrogens (tertiary/aromatic N) is 9. The Morgan fingerprint density at radius 3 is 1.51 bits per heavy atom. The summed E-state index contributed by atoms with van der Waals surface area (Å²) in [4.78, 5) is 114. The van der Waals surface area contributed by atoms with E-state index >= 15 is 0 Å². The van der Waals surface area contributed by atoms with E-state index in [1.807, 2.05) is 20.8 Å². The number of ether oxygens (including phenoxy) is 3. The van der Waals surface area contributed by atoms with Gasteiger partial charge in [0.15, 0.2) is 18.7 Å². The molecule has 4 amide bonds. The summed E-state index contributed by atoms with van der Waals surface area (Å²) >= 11 is 0. The Kier molecular flexibility index (Phi) is 18.5. The molecule has 0 saturated carbocycles. The second kappa shape index (κ2) is 23.9. The third-order valence-electron chi connectivity index (χ3n) is 15.9. The van der Waals surface area contributed by atoms with Crippen LogP contribution in [0.3, 0.4) is 0 Å². The molecular weight excluding hydrogens is 1070 g/mol. The fraction of sp³-hybridized carbons (Fsp3) is 0.706. The second-order valence-electron chi connectivity index (χ2n) is 22.1. The van der Waals surface area contributed by atoms with Gasteiger partial charge in [0.05, 0.1) is 19.1 Å². The van der Waals surface area contributed by atoms with E-state index in [0.717, 1.165) is 0 Å². The molecule has 13 atom stereocenters. The largest absolute Gasteiger partial charge is 0.388 e. The van der Waals surface area contributed by atoms with Gasteiger partial charge in [-0.2, -0.15) is 0 Å². The fourth-order valence-corrected chi connectivity index (χ4v) is 13.4. The molecule has 1 unspecified atom stereocenters. The van der Waals surface area contributed by atoms with Gasteiger partial charge in [-0.05, 0) is 67.7 Å². The van der Waals surface area contributed by atoms with E-state index in [1.54, 1.807) is 53.9 Å². The molecule has 0 aliphatic carbocycles. The van der Waals surface area contributed by atoms with Crippen molar-refractivity contribution < 1.29 is 43.1 Å². The molecule has 28 nitrogen and oxygen atoms in total. The van der Waals surface area contributed by atoms with E-state index in [4.69, 9.17) is 29.8 Å². The molecule has 442 valence electrons. The van der Waals surface area contributed by atoms with Gasteiger partial charge in [-0.25, -0.2) is 35.2 Å². The number of aliphatic hydroxyl groups excluding tert-OH is 2. The van der Waals surface area contributed by atoms with Gasteiger partial charge in [-0.1, -0.05) is 20.8 Å². The minimum atomic E-state index is -1.62. The maximum atomic E-state index is 13.3. The second-order valence-corrected chi connectivity index (χ2v) is 23.6. The third kappa shape index (κ3) is 11.1. The highest BCUT2D eigenvalue weighted by Gasteiger charge is 2.67. The lowest BCUT2D eigenvalue weighted by atomic mass is 9.96. The van der Waals surface area contributed by atoms with E-state index < -0.39 is 108 Å². The molecule has 3 aromatic rings. The summed E-state index contributed by atoms with van der Waals surface area (Å²) in [5.41, 5.74) is -4.40. The van der Waals surface area contributed by atoms with Crippen LogP contribution >= 0.6 is 8.53 Å². The Bertz CT molecular complexity index is 3180. The number of likely N-dealkylation sites (tertiary alicyclic amines) is 2. The molecule has 6 aliphatic rings. The van der Waals surface area contributed by atoms with Gasteiger partial charge in [-0.15, -0.1) is 0 Å². The molecule has 6 N–H and O–H groups in total. The number of fused-ring (bicyclic) bond motifs is 6. The van der Waals surface area contributed by atoms with Gasteiger partial charge >= 0.3 is 29.1 Å². The number of aryl methyl sites for hydroxylation is 3. The van der Waals surface area contributed by atoms with Crippen molar-refractivity contribution in [2.24, 2.45) is 0 Å². The molecule has 6 bridgehead atoms. The number of hydrogen-bond donors (Lipinski definition) is 6. The highest BCUT2D eigenvalue weighted by molar-refractivity contribution is 7.44. The number of aromatic nitrogens is 6. The number of carbonyl (C=O) groups excluding carboxylic acids is 2. The van der Waals surface area contributed by atoms with Crippen molar-refractivity contribution >= 4 is 20.6 Å². The highest BCUT2D eigenvalue weighted by Crippen LogP contribution is 2.57. The van der Waals surface area contributed by atoms with Crippen molar-refractivity contribution in [2.75, 3.05) is 61.0 Å². The molecule has 9 rings (SSSR count). The van der Waals surface area contributed by atoms with E-state index in [0.29, 0.717) is 42.5 Å². The lowest BCUT2D eigenvalue weighted by Crippen LogP contribution is -2.52. The Balaban J connectivity index is 0.000000184. The average molecular weight is 1140 g/mol. The number of rotatable bonds is 14. The van der Waals surface area contributed by atoms with Crippen LogP contribution in [0, 0.1) is 27.3 Å². The molecule has 6 aliphatic heterocycles. The molecule has 0 spiro atoms. The van der Waals surface area contributed by atoms with Gasteiger partial charge in [0.25, 0.3) is 25.2 Å². The lowest BCUT2D eigenvalue weighted by molar-refractivity contribution is -0.132. The van der Waals surface area contributed by atoms with Gasteiger partial charge < -0.3 is 63.2 Å². The number of amides is 4. The topological polar surface area (TPSA) is 318 Å². The molecule has 3 aromatic heterocycles. The normalized spacial score (nSPS) is 30.1. The van der Waals surface area contributed by atoms with Crippen molar-refractivity contribution in [1.29, 1.82) is 0 Å². The van der Waals surface area contributed by atoms with Gasteiger partial charge in [-0.3, -0.25) is 43.0 Å². The maximum absolute atomic E-state index is 13.3. The minimum Gasteiger partial charge on any atom is -0.388 e. The highest BCUT2D eigenvalue weighted by atomic mass is 31.2. The van der Waals surface area contributed by atoms with Crippen LogP contribution in [0.1, 0.15) is 103 Å². The zero-order valence-electron chi connectivity index (χ0n) is 47.9. The van der Waals surface area contributed by atoms with Crippen molar-refractivity contribution in [1.82, 2.24) is 58.2 Å². The van der Waals surface area contributed by atoms with Gasteiger partial charge in [0.1, 0.15) is 53.8 Å². The average Bonchev–Trinajstić information content (AvgIpc) is 4.31. The summed E-state index contributed by atoms with van der Waals surface area (Å²) in [6, 6.07) is -1.96. The van der Waals surface area contributed by atoms with Crippen LogP contribution in [0.5, 0.6) is 0 Å². The zero-order valence-corrected chi connectivity index (χ0v) is 48.8. The number of urea groups is 2. The smallest absolute Gasteiger partial charge is 0.330 e. The third-order valence-corrected chi connectivity index (χ3v) is 18.0. The van der Waals surface area contributed by atoms with Crippen LogP contribution in [-0.4, -0.2) is 201 Å². The Hall–Kier alpha value is -5.86. The molecule has 6 fully saturated rings. The van der Waals surface area contributed by atoms with Crippen molar-refractivity contribution in [2.45, 2.75) is 173 Å². The van der Waals surface area contributed by atoms with E-state index in [-0.39, 0.29) is 56.4 Å². The lowest BCUT2D eigenvalue weighted by Gasteiger charge is -2.38. The Morgan fingerprint density at radius 2 is 1.10 bits per heavy atom. The van der Waals surface area contributed by atoms with Crippen LogP contribution in [-0.2, 0) is 23.3 Å². The van der Waals surface area contributed by atoms with Crippen LogP contribution in [0.4, 0.5) is 9.59 Å². The molecule has 9 heterocycles. The van der Waals surface area contributed by atoms with E-state index in [2.05, 4.69) is 57.5 Å². The zero-order chi connectivity index (χ0) is 59.2. The number of carbonyl (C=O) groups is 2. The fourth-order valence-electron chi connectivity index (χ4n) is 11.6. The SMILES string of the molecule is CC[C@@]12CN(C(=O)N(C)C)[C@@H]([C@H](n3cc(C)c(=O)[nH]c3=O)O1)[C@@H]2O.CC[C@@]12CN[C@@H]([C@H](n3cc(C)c(=O)[nH]c3=O)O1)[C@@H]2O.[C-]#[N+]CCOP(O[C@H]1[C@@H]2[C@H](n3cc(C)c(=O)[nH]c3=O)O[C@@]1(CC)CN2C(=O)N(C)C)N(C(C)C)C(C)C. The molecular formula is C51H78N13O15P. The quantitative estimate of drug-likeness (QED) is 0.0734. The Labute approximate surface area is 463 Å². The minimum absolute atomic E-state index is 0.0939. The molecule has 80 heavy (non-hydrogen) atoms. The van der Waals surface area contributed by atoms with E-state index in [1.165, 1.54) is 47.0 Å². The number of morpholine rings is 3. The van der Waals surface area contributed by atoms with Crippen molar-refractivity contribution in [3.8, 4) is 0 Å². The molecule has 29 heteroatoms.